The number of amides is 1. The summed E-state index contributed by atoms with van der Waals surface area (Å²) in [5, 5.41) is 12.3. The van der Waals surface area contributed by atoms with Gasteiger partial charge in [0, 0.05) is 25.7 Å². The summed E-state index contributed by atoms with van der Waals surface area (Å²) in [6, 6.07) is -0.185. The summed E-state index contributed by atoms with van der Waals surface area (Å²) in [6.07, 6.45) is 9.19. The highest BCUT2D eigenvalue weighted by molar-refractivity contribution is 5.78. The molecule has 2 aliphatic rings. The van der Waals surface area contributed by atoms with Crippen LogP contribution in [0.3, 0.4) is 0 Å². The predicted octanol–water partition coefficient (Wildman–Crippen LogP) is 2.73. The molecule has 0 aromatic rings. The maximum Gasteiger partial charge on any atom is 0.308 e. The van der Waals surface area contributed by atoms with Crippen LogP contribution in [0.5, 0.6) is 0 Å². The number of carbonyl (C=O) groups is 2. The first kappa shape index (κ1) is 17.3. The summed E-state index contributed by atoms with van der Waals surface area (Å²) in [5.41, 5.74) is 0. The van der Waals surface area contributed by atoms with E-state index in [4.69, 9.17) is 4.74 Å². The Morgan fingerprint density at radius 1 is 1.05 bits per heavy atom. The molecule has 1 saturated heterocycles. The van der Waals surface area contributed by atoms with Crippen LogP contribution in [0.2, 0.25) is 0 Å². The number of nitrogens with one attached hydrogen (secondary N) is 1. The molecule has 5 heteroatoms. The van der Waals surface area contributed by atoms with Crippen LogP contribution in [-0.2, 0) is 14.3 Å². The van der Waals surface area contributed by atoms with Crippen LogP contribution in [0, 0.1) is 11.8 Å². The SMILES string of the molecule is O=C(CCCC1CCOCC1)N[C@H]1CCCCC[C@H]1C(=O)O. The highest BCUT2D eigenvalue weighted by Crippen LogP contribution is 2.24. The molecule has 0 bridgehead atoms. The molecule has 1 amide bonds. The second-order valence-corrected chi connectivity index (χ2v) is 6.70. The molecular formula is C17H29NO4. The van der Waals surface area contributed by atoms with Gasteiger partial charge in [-0.15, -0.1) is 0 Å². The maximum atomic E-state index is 12.1. The molecule has 22 heavy (non-hydrogen) atoms. The molecule has 2 rings (SSSR count). The number of hydrogen-bond acceptors (Lipinski definition) is 3. The monoisotopic (exact) mass is 311 g/mol. The second kappa shape index (κ2) is 9.13. The Balaban J connectivity index is 1.70. The Hall–Kier alpha value is -1.10. The van der Waals surface area contributed by atoms with Crippen molar-refractivity contribution in [2.24, 2.45) is 11.8 Å². The Morgan fingerprint density at radius 2 is 1.77 bits per heavy atom. The van der Waals surface area contributed by atoms with Gasteiger partial charge in [0.2, 0.25) is 5.91 Å². The van der Waals surface area contributed by atoms with Crippen molar-refractivity contribution < 1.29 is 19.4 Å². The van der Waals surface area contributed by atoms with Crippen LogP contribution in [0.15, 0.2) is 0 Å². The standard InChI is InChI=1S/C17H29NO4/c19-16(8-4-5-13-9-11-22-12-10-13)18-15-7-3-1-2-6-14(15)17(20)21/h13-15H,1-12H2,(H,18,19)(H,20,21)/t14-,15+/m1/s1. The van der Waals surface area contributed by atoms with Gasteiger partial charge in [-0.2, -0.15) is 0 Å². The molecule has 1 aliphatic carbocycles. The number of carbonyl (C=O) groups excluding carboxylic acids is 1. The molecule has 0 aromatic carbocycles. The van der Waals surface area contributed by atoms with Gasteiger partial charge in [0.1, 0.15) is 0 Å². The third-order valence-corrected chi connectivity index (χ3v) is 5.04. The van der Waals surface area contributed by atoms with Crippen molar-refractivity contribution in [2.75, 3.05) is 13.2 Å². The van der Waals surface area contributed by atoms with E-state index in [1.54, 1.807) is 0 Å². The van der Waals surface area contributed by atoms with E-state index in [9.17, 15) is 14.7 Å². The molecule has 126 valence electrons. The van der Waals surface area contributed by atoms with Crippen LogP contribution in [0.25, 0.3) is 0 Å². The second-order valence-electron chi connectivity index (χ2n) is 6.70. The fourth-order valence-electron chi connectivity index (χ4n) is 3.64. The van der Waals surface area contributed by atoms with Gasteiger partial charge in [0.05, 0.1) is 5.92 Å². The minimum Gasteiger partial charge on any atom is -0.481 e. The number of ether oxygens (including phenoxy) is 1. The highest BCUT2D eigenvalue weighted by Gasteiger charge is 2.30. The zero-order valence-electron chi connectivity index (χ0n) is 13.4. The van der Waals surface area contributed by atoms with Gasteiger partial charge in [-0.1, -0.05) is 19.3 Å². The van der Waals surface area contributed by atoms with Gasteiger partial charge in [-0.25, -0.2) is 0 Å². The van der Waals surface area contributed by atoms with Crippen LogP contribution < -0.4 is 5.32 Å². The predicted molar refractivity (Wildman–Crippen MR) is 83.5 cm³/mol. The average Bonchev–Trinajstić information content (AvgIpc) is 2.74. The summed E-state index contributed by atoms with van der Waals surface area (Å²) in [6.45, 7) is 1.69. The minimum atomic E-state index is -0.769. The Labute approximate surface area is 132 Å². The summed E-state index contributed by atoms with van der Waals surface area (Å²) < 4.78 is 5.34. The lowest BCUT2D eigenvalue weighted by atomic mass is 9.93. The van der Waals surface area contributed by atoms with Crippen LogP contribution in [0.4, 0.5) is 0 Å². The van der Waals surface area contributed by atoms with Crippen molar-refractivity contribution in [3.05, 3.63) is 0 Å². The topological polar surface area (TPSA) is 75.6 Å². The van der Waals surface area contributed by atoms with Crippen molar-refractivity contribution in [1.29, 1.82) is 0 Å². The first-order valence-electron chi connectivity index (χ1n) is 8.76. The molecule has 1 aliphatic heterocycles. The molecule has 0 unspecified atom stereocenters. The van der Waals surface area contributed by atoms with E-state index in [1.807, 2.05) is 0 Å². The number of aliphatic carboxylic acids is 1. The fourth-order valence-corrected chi connectivity index (χ4v) is 3.64. The fraction of sp³-hybridized carbons (Fsp3) is 0.882. The normalized spacial score (nSPS) is 27.1. The zero-order valence-corrected chi connectivity index (χ0v) is 13.4. The lowest BCUT2D eigenvalue weighted by Crippen LogP contribution is -2.42. The van der Waals surface area contributed by atoms with Crippen molar-refractivity contribution in [3.63, 3.8) is 0 Å². The molecule has 0 aromatic heterocycles. The molecule has 2 fully saturated rings. The summed E-state index contributed by atoms with van der Waals surface area (Å²) in [4.78, 5) is 23.5. The molecule has 2 N–H and O–H groups in total. The Kier molecular flexibility index (Phi) is 7.16. The van der Waals surface area contributed by atoms with E-state index >= 15 is 0 Å². The lowest BCUT2D eigenvalue weighted by Gasteiger charge is -2.24. The van der Waals surface area contributed by atoms with E-state index in [0.717, 1.165) is 64.6 Å². The van der Waals surface area contributed by atoms with Gasteiger partial charge in [-0.3, -0.25) is 9.59 Å². The van der Waals surface area contributed by atoms with Crippen LogP contribution >= 0.6 is 0 Å². The van der Waals surface area contributed by atoms with Gasteiger partial charge >= 0.3 is 5.97 Å². The van der Waals surface area contributed by atoms with Crippen LogP contribution in [-0.4, -0.2) is 36.2 Å². The number of carboxylic acid groups (broad SMARTS) is 1. The average molecular weight is 311 g/mol. The van der Waals surface area contributed by atoms with Crippen molar-refractivity contribution in [1.82, 2.24) is 5.32 Å². The van der Waals surface area contributed by atoms with Gasteiger partial charge in [0.25, 0.3) is 0 Å². The highest BCUT2D eigenvalue weighted by atomic mass is 16.5. The van der Waals surface area contributed by atoms with E-state index in [0.29, 0.717) is 18.8 Å². The first-order valence-corrected chi connectivity index (χ1v) is 8.76. The van der Waals surface area contributed by atoms with Gasteiger partial charge < -0.3 is 15.2 Å². The van der Waals surface area contributed by atoms with Crippen molar-refractivity contribution >= 4 is 11.9 Å². The van der Waals surface area contributed by atoms with Crippen LogP contribution in [0.1, 0.15) is 64.2 Å². The van der Waals surface area contributed by atoms with E-state index in [-0.39, 0.29) is 11.9 Å². The molecule has 0 radical (unpaired) electrons. The van der Waals surface area contributed by atoms with Gasteiger partial charge in [0.15, 0.2) is 0 Å². The molecule has 2 atom stereocenters. The van der Waals surface area contributed by atoms with E-state index in [1.165, 1.54) is 0 Å². The minimum absolute atomic E-state index is 0.0187. The summed E-state index contributed by atoms with van der Waals surface area (Å²) in [5.74, 6) is -0.479. The maximum absolute atomic E-state index is 12.1. The third kappa shape index (κ3) is 5.59. The molecule has 1 saturated carbocycles. The lowest BCUT2D eigenvalue weighted by molar-refractivity contribution is -0.143. The smallest absolute Gasteiger partial charge is 0.308 e. The number of hydrogen-bond donors (Lipinski definition) is 2. The van der Waals surface area contributed by atoms with Crippen molar-refractivity contribution in [2.45, 2.75) is 70.3 Å². The largest absolute Gasteiger partial charge is 0.481 e. The Bertz CT molecular complexity index is 366. The summed E-state index contributed by atoms with van der Waals surface area (Å²) in [7, 11) is 0. The zero-order chi connectivity index (χ0) is 15.8. The molecule has 1 heterocycles. The molecule has 0 spiro atoms. The third-order valence-electron chi connectivity index (χ3n) is 5.04. The quantitative estimate of drug-likeness (QED) is 0.740. The number of rotatable bonds is 6. The summed E-state index contributed by atoms with van der Waals surface area (Å²) >= 11 is 0. The van der Waals surface area contributed by atoms with Gasteiger partial charge in [-0.05, 0) is 44.4 Å². The van der Waals surface area contributed by atoms with E-state index < -0.39 is 11.9 Å². The number of carboxylic acids is 1. The molecule has 5 nitrogen and oxygen atoms in total. The Morgan fingerprint density at radius 3 is 2.50 bits per heavy atom. The first-order chi connectivity index (χ1) is 10.7. The van der Waals surface area contributed by atoms with E-state index in [2.05, 4.69) is 5.32 Å². The molecular weight excluding hydrogens is 282 g/mol. The van der Waals surface area contributed by atoms with Crippen molar-refractivity contribution in [3.8, 4) is 0 Å².